The van der Waals surface area contributed by atoms with E-state index in [0.29, 0.717) is 24.3 Å². The van der Waals surface area contributed by atoms with E-state index < -0.39 is 23.9 Å². The molecule has 0 aliphatic heterocycles. The highest BCUT2D eigenvalue weighted by Crippen LogP contribution is 2.17. The average molecular weight is 393 g/mol. The van der Waals surface area contributed by atoms with Crippen molar-refractivity contribution in [3.63, 3.8) is 0 Å². The molecular formula is C19H23NO8. The lowest BCUT2D eigenvalue weighted by atomic mass is 9.97. The van der Waals surface area contributed by atoms with Crippen molar-refractivity contribution in [1.82, 2.24) is 4.98 Å². The summed E-state index contributed by atoms with van der Waals surface area (Å²) in [6.45, 7) is 0. The van der Waals surface area contributed by atoms with Crippen LogP contribution in [0.3, 0.4) is 0 Å². The van der Waals surface area contributed by atoms with Gasteiger partial charge in [-0.05, 0) is 37.3 Å². The van der Waals surface area contributed by atoms with Crippen molar-refractivity contribution in [2.45, 2.75) is 38.5 Å². The van der Waals surface area contributed by atoms with Gasteiger partial charge in [-0.2, -0.15) is 0 Å². The third-order valence-corrected chi connectivity index (χ3v) is 3.33. The largest absolute Gasteiger partial charge is 0.478 e. The highest BCUT2D eigenvalue weighted by molar-refractivity contribution is 5.90. The monoisotopic (exact) mass is 393 g/mol. The molecule has 0 bridgehead atoms. The molecule has 1 aliphatic rings. The summed E-state index contributed by atoms with van der Waals surface area (Å²) in [5.74, 6) is -5.03. The Labute approximate surface area is 161 Å². The zero-order valence-electron chi connectivity index (χ0n) is 15.2. The molecule has 28 heavy (non-hydrogen) atoms. The van der Waals surface area contributed by atoms with E-state index in [-0.39, 0.29) is 0 Å². The first-order chi connectivity index (χ1) is 13.2. The Morgan fingerprint density at radius 3 is 1.57 bits per heavy atom. The summed E-state index contributed by atoms with van der Waals surface area (Å²) in [7, 11) is 0. The fourth-order valence-electron chi connectivity index (χ4n) is 2.17. The minimum Gasteiger partial charge on any atom is -0.478 e. The van der Waals surface area contributed by atoms with Crippen LogP contribution >= 0.6 is 0 Å². The number of hydrogen-bond acceptors (Lipinski definition) is 5. The Morgan fingerprint density at radius 1 is 0.714 bits per heavy atom. The Morgan fingerprint density at radius 2 is 1.14 bits per heavy atom. The summed E-state index contributed by atoms with van der Waals surface area (Å²) < 4.78 is 0. The molecule has 0 saturated heterocycles. The summed E-state index contributed by atoms with van der Waals surface area (Å²) in [5.41, 5.74) is 2.83. The standard InChI is InChI=1S/C11H15N.2C4H4O4/c1-2-4-8-11-10(6-3-1)7-5-9-12-11;2*5-3(6)1-2-4(7)8/h5,7,9H,1-4,6,8H2;2*1-2H,(H,5,6)(H,7,8). The second-order valence-corrected chi connectivity index (χ2v) is 5.54. The molecule has 1 aromatic rings. The number of aromatic nitrogens is 1. The highest BCUT2D eigenvalue weighted by Gasteiger charge is 2.05. The van der Waals surface area contributed by atoms with Gasteiger partial charge in [-0.1, -0.05) is 18.9 Å². The predicted molar refractivity (Wildman–Crippen MR) is 98.9 cm³/mol. The lowest BCUT2D eigenvalue weighted by molar-refractivity contribution is -0.134. The topological polar surface area (TPSA) is 162 Å². The lowest BCUT2D eigenvalue weighted by Gasteiger charge is -2.11. The van der Waals surface area contributed by atoms with Gasteiger partial charge in [-0.15, -0.1) is 0 Å². The van der Waals surface area contributed by atoms with Crippen molar-refractivity contribution < 1.29 is 39.6 Å². The normalized spacial score (nSPS) is 13.0. The van der Waals surface area contributed by atoms with Crippen LogP contribution in [0.4, 0.5) is 0 Å². The smallest absolute Gasteiger partial charge is 0.328 e. The third kappa shape index (κ3) is 14.8. The van der Waals surface area contributed by atoms with E-state index in [1.54, 1.807) is 0 Å². The maximum Gasteiger partial charge on any atom is 0.328 e. The Hall–Kier alpha value is -3.49. The van der Waals surface area contributed by atoms with Gasteiger partial charge in [0.15, 0.2) is 0 Å². The van der Waals surface area contributed by atoms with E-state index in [1.165, 1.54) is 49.8 Å². The summed E-state index contributed by atoms with van der Waals surface area (Å²) in [6, 6.07) is 4.29. The summed E-state index contributed by atoms with van der Waals surface area (Å²) >= 11 is 0. The first-order valence-electron chi connectivity index (χ1n) is 8.43. The van der Waals surface area contributed by atoms with Crippen molar-refractivity contribution in [1.29, 1.82) is 0 Å². The van der Waals surface area contributed by atoms with Gasteiger partial charge in [0.25, 0.3) is 0 Å². The van der Waals surface area contributed by atoms with Gasteiger partial charge in [-0.25, -0.2) is 19.2 Å². The molecule has 0 spiro atoms. The van der Waals surface area contributed by atoms with E-state index in [2.05, 4.69) is 17.1 Å². The van der Waals surface area contributed by atoms with Gasteiger partial charge >= 0.3 is 23.9 Å². The Kier molecular flexibility index (Phi) is 12.8. The number of carboxylic acid groups (broad SMARTS) is 4. The van der Waals surface area contributed by atoms with E-state index in [0.717, 1.165) is 0 Å². The van der Waals surface area contributed by atoms with Crippen molar-refractivity contribution in [3.8, 4) is 0 Å². The number of nitrogens with zero attached hydrogens (tertiary/aromatic N) is 1. The van der Waals surface area contributed by atoms with Crippen molar-refractivity contribution in [2.75, 3.05) is 0 Å². The van der Waals surface area contributed by atoms with Crippen molar-refractivity contribution in [3.05, 3.63) is 53.9 Å². The Balaban J connectivity index is 0.000000408. The van der Waals surface area contributed by atoms with E-state index in [1.807, 2.05) is 6.20 Å². The maximum atomic E-state index is 9.55. The van der Waals surface area contributed by atoms with E-state index in [4.69, 9.17) is 20.4 Å². The zero-order chi connectivity index (χ0) is 21.4. The molecule has 1 aromatic heterocycles. The van der Waals surface area contributed by atoms with E-state index >= 15 is 0 Å². The molecule has 152 valence electrons. The SMILES string of the molecule is O=C(O)C=CC(=O)O.O=C(O)C=CC(=O)O.c1cnc2c(c1)CCCCCC2. The van der Waals surface area contributed by atoms with Gasteiger partial charge < -0.3 is 20.4 Å². The van der Waals surface area contributed by atoms with Crippen LogP contribution < -0.4 is 0 Å². The molecule has 9 nitrogen and oxygen atoms in total. The molecule has 9 heteroatoms. The second kappa shape index (κ2) is 14.7. The number of hydrogen-bond donors (Lipinski definition) is 4. The maximum absolute atomic E-state index is 9.55. The summed E-state index contributed by atoms with van der Waals surface area (Å²) in [6.07, 6.45) is 12.0. The van der Waals surface area contributed by atoms with Crippen LogP contribution in [-0.4, -0.2) is 49.3 Å². The first kappa shape index (κ1) is 24.5. The van der Waals surface area contributed by atoms with Crippen LogP contribution in [0.15, 0.2) is 42.6 Å². The molecule has 2 rings (SSSR count). The lowest BCUT2D eigenvalue weighted by Crippen LogP contribution is -2.01. The second-order valence-electron chi connectivity index (χ2n) is 5.54. The van der Waals surface area contributed by atoms with Crippen LogP contribution in [0.25, 0.3) is 0 Å². The van der Waals surface area contributed by atoms with Crippen LogP contribution in [0, 0.1) is 0 Å². The molecule has 1 aliphatic carbocycles. The van der Waals surface area contributed by atoms with Crippen molar-refractivity contribution in [2.24, 2.45) is 0 Å². The zero-order valence-corrected chi connectivity index (χ0v) is 15.2. The van der Waals surface area contributed by atoms with Crippen LogP contribution in [-0.2, 0) is 32.0 Å². The van der Waals surface area contributed by atoms with Gasteiger partial charge in [0.05, 0.1) is 0 Å². The molecule has 1 heterocycles. The molecule has 0 radical (unpaired) electrons. The molecule has 0 saturated carbocycles. The summed E-state index contributed by atoms with van der Waals surface area (Å²) in [4.78, 5) is 42.6. The minimum absolute atomic E-state index is 0.558. The molecule has 4 N–H and O–H groups in total. The quantitative estimate of drug-likeness (QED) is 0.561. The molecule has 0 fully saturated rings. The van der Waals surface area contributed by atoms with Gasteiger partial charge in [-0.3, -0.25) is 4.98 Å². The summed E-state index contributed by atoms with van der Waals surface area (Å²) in [5, 5.41) is 31.2. The number of pyridine rings is 1. The number of rotatable bonds is 4. The van der Waals surface area contributed by atoms with Crippen LogP contribution in [0.1, 0.15) is 36.9 Å². The number of fused-ring (bicyclic) bond motifs is 1. The van der Waals surface area contributed by atoms with Gasteiger partial charge in [0.1, 0.15) is 0 Å². The number of carbonyl (C=O) groups is 4. The highest BCUT2D eigenvalue weighted by atomic mass is 16.4. The first-order valence-corrected chi connectivity index (χ1v) is 8.43. The molecule has 0 aromatic carbocycles. The number of carboxylic acids is 4. The van der Waals surface area contributed by atoms with Crippen LogP contribution in [0.5, 0.6) is 0 Å². The van der Waals surface area contributed by atoms with Gasteiger partial charge in [0, 0.05) is 36.2 Å². The van der Waals surface area contributed by atoms with Crippen molar-refractivity contribution >= 4 is 23.9 Å². The number of aryl methyl sites for hydroxylation is 2. The molecule has 0 unspecified atom stereocenters. The third-order valence-electron chi connectivity index (χ3n) is 3.33. The van der Waals surface area contributed by atoms with Crippen LogP contribution in [0.2, 0.25) is 0 Å². The fraction of sp³-hybridized carbons (Fsp3) is 0.316. The molecular weight excluding hydrogens is 370 g/mol. The Bertz CT molecular complexity index is 631. The van der Waals surface area contributed by atoms with E-state index in [9.17, 15) is 19.2 Å². The van der Waals surface area contributed by atoms with Gasteiger partial charge in [0.2, 0.25) is 0 Å². The average Bonchev–Trinajstić information content (AvgIpc) is 2.60. The minimum atomic E-state index is -1.26. The fourth-order valence-corrected chi connectivity index (χ4v) is 2.17. The predicted octanol–water partition coefficient (Wildman–Crippen LogP) is 2.16. The molecule has 0 amide bonds. The number of aliphatic carboxylic acids is 4. The molecule has 0 atom stereocenters.